The van der Waals surface area contributed by atoms with Gasteiger partial charge in [0.15, 0.2) is 5.82 Å². The molecule has 0 spiro atoms. The van der Waals surface area contributed by atoms with E-state index in [0.29, 0.717) is 28.7 Å². The van der Waals surface area contributed by atoms with Crippen LogP contribution in [-0.2, 0) is 0 Å². The van der Waals surface area contributed by atoms with Gasteiger partial charge in [0.05, 0.1) is 24.0 Å². The molecular weight excluding hydrogens is 290 g/mol. The van der Waals surface area contributed by atoms with E-state index in [9.17, 15) is 0 Å². The van der Waals surface area contributed by atoms with Crippen LogP contribution in [0.2, 0.25) is 0 Å². The molecule has 1 heterocycles. The quantitative estimate of drug-likeness (QED) is 0.766. The number of aromatic nitrogens is 2. The van der Waals surface area contributed by atoms with Gasteiger partial charge in [-0.25, -0.2) is 4.98 Å². The lowest BCUT2D eigenvalue weighted by Crippen LogP contribution is -1.98. The van der Waals surface area contributed by atoms with Crippen LogP contribution in [0, 0.1) is 11.3 Å². The maximum Gasteiger partial charge on any atom is 0.151 e. The van der Waals surface area contributed by atoms with E-state index in [2.05, 4.69) is 21.4 Å². The summed E-state index contributed by atoms with van der Waals surface area (Å²) >= 11 is 0. The Morgan fingerprint density at radius 3 is 2.22 bits per heavy atom. The SMILES string of the molecule is N#Cc1ccc(Oc2ccc(Nc3cncc(N)n3)cc2)cc1. The van der Waals surface area contributed by atoms with Gasteiger partial charge in [-0.2, -0.15) is 5.26 Å². The Kier molecular flexibility index (Phi) is 4.03. The van der Waals surface area contributed by atoms with Crippen molar-refractivity contribution in [2.24, 2.45) is 0 Å². The molecule has 0 fully saturated rings. The first-order valence-corrected chi connectivity index (χ1v) is 6.85. The second-order valence-electron chi connectivity index (χ2n) is 4.72. The van der Waals surface area contributed by atoms with Gasteiger partial charge in [-0.05, 0) is 48.5 Å². The summed E-state index contributed by atoms with van der Waals surface area (Å²) in [5, 5.41) is 11.9. The topological polar surface area (TPSA) is 96.8 Å². The Morgan fingerprint density at radius 2 is 1.61 bits per heavy atom. The monoisotopic (exact) mass is 303 g/mol. The first-order chi connectivity index (χ1) is 11.2. The zero-order valence-electron chi connectivity index (χ0n) is 12.1. The fraction of sp³-hybridized carbons (Fsp3) is 0. The highest BCUT2D eigenvalue weighted by molar-refractivity contribution is 5.57. The van der Waals surface area contributed by atoms with Gasteiger partial charge in [-0.15, -0.1) is 0 Å². The van der Waals surface area contributed by atoms with Crippen LogP contribution in [0.3, 0.4) is 0 Å². The number of nitrogens with one attached hydrogen (secondary N) is 1. The van der Waals surface area contributed by atoms with E-state index in [0.717, 1.165) is 5.69 Å². The lowest BCUT2D eigenvalue weighted by atomic mass is 10.2. The fourth-order valence-electron chi connectivity index (χ4n) is 1.93. The van der Waals surface area contributed by atoms with Crippen molar-refractivity contribution in [1.29, 1.82) is 5.26 Å². The largest absolute Gasteiger partial charge is 0.457 e. The highest BCUT2D eigenvalue weighted by Gasteiger charge is 2.00. The molecule has 23 heavy (non-hydrogen) atoms. The van der Waals surface area contributed by atoms with Gasteiger partial charge in [0.25, 0.3) is 0 Å². The molecule has 0 amide bonds. The third-order valence-electron chi connectivity index (χ3n) is 3.00. The zero-order valence-corrected chi connectivity index (χ0v) is 12.1. The molecule has 6 heteroatoms. The summed E-state index contributed by atoms with van der Waals surface area (Å²) < 4.78 is 5.72. The molecule has 0 aliphatic carbocycles. The molecule has 0 bridgehead atoms. The predicted octanol–water partition coefficient (Wildman–Crippen LogP) is 3.47. The Hall–Kier alpha value is -3.59. The Balaban J connectivity index is 1.68. The van der Waals surface area contributed by atoms with Crippen LogP contribution in [0.15, 0.2) is 60.9 Å². The van der Waals surface area contributed by atoms with Crippen LogP contribution >= 0.6 is 0 Å². The van der Waals surface area contributed by atoms with Gasteiger partial charge in [0.2, 0.25) is 0 Å². The molecule has 0 radical (unpaired) electrons. The molecule has 0 unspecified atom stereocenters. The molecule has 0 saturated carbocycles. The van der Waals surface area contributed by atoms with Gasteiger partial charge in [0, 0.05) is 5.69 Å². The number of hydrogen-bond donors (Lipinski definition) is 2. The van der Waals surface area contributed by atoms with Crippen molar-refractivity contribution in [3.8, 4) is 17.6 Å². The second kappa shape index (κ2) is 6.45. The maximum atomic E-state index is 8.77. The summed E-state index contributed by atoms with van der Waals surface area (Å²) in [6.07, 6.45) is 3.08. The summed E-state index contributed by atoms with van der Waals surface area (Å²) in [7, 11) is 0. The van der Waals surface area contributed by atoms with Gasteiger partial charge in [-0.3, -0.25) is 4.98 Å². The summed E-state index contributed by atoms with van der Waals surface area (Å²) in [6.45, 7) is 0. The van der Waals surface area contributed by atoms with E-state index < -0.39 is 0 Å². The molecule has 6 nitrogen and oxygen atoms in total. The molecule has 0 saturated heterocycles. The highest BCUT2D eigenvalue weighted by Crippen LogP contribution is 2.24. The molecule has 1 aromatic heterocycles. The van der Waals surface area contributed by atoms with Crippen molar-refractivity contribution >= 4 is 17.3 Å². The normalized spacial score (nSPS) is 9.87. The smallest absolute Gasteiger partial charge is 0.151 e. The van der Waals surface area contributed by atoms with Crippen molar-refractivity contribution < 1.29 is 4.74 Å². The van der Waals surface area contributed by atoms with Gasteiger partial charge >= 0.3 is 0 Å². The van der Waals surface area contributed by atoms with Crippen LogP contribution in [-0.4, -0.2) is 9.97 Å². The molecule has 0 aliphatic heterocycles. The Labute approximate surface area is 133 Å². The Bertz CT molecular complexity index is 838. The van der Waals surface area contributed by atoms with E-state index >= 15 is 0 Å². The average molecular weight is 303 g/mol. The second-order valence-corrected chi connectivity index (χ2v) is 4.72. The number of anilines is 3. The van der Waals surface area contributed by atoms with Crippen LogP contribution in [0.4, 0.5) is 17.3 Å². The minimum absolute atomic E-state index is 0.357. The minimum atomic E-state index is 0.357. The maximum absolute atomic E-state index is 8.77. The molecule has 112 valence electrons. The highest BCUT2D eigenvalue weighted by atomic mass is 16.5. The van der Waals surface area contributed by atoms with Gasteiger partial charge < -0.3 is 15.8 Å². The number of nitriles is 1. The average Bonchev–Trinajstić information content (AvgIpc) is 2.57. The molecule has 3 rings (SSSR count). The molecule has 0 atom stereocenters. The first-order valence-electron chi connectivity index (χ1n) is 6.85. The molecule has 3 N–H and O–H groups in total. The van der Waals surface area contributed by atoms with Gasteiger partial charge in [-0.1, -0.05) is 0 Å². The van der Waals surface area contributed by atoms with Crippen LogP contribution < -0.4 is 15.8 Å². The lowest BCUT2D eigenvalue weighted by Gasteiger charge is -2.08. The predicted molar refractivity (Wildman–Crippen MR) is 87.4 cm³/mol. The van der Waals surface area contributed by atoms with E-state index in [1.165, 1.54) is 6.20 Å². The number of nitrogens with two attached hydrogens (primary N) is 1. The van der Waals surface area contributed by atoms with Crippen LogP contribution in [0.1, 0.15) is 5.56 Å². The molecule has 0 aliphatic rings. The molecular formula is C17H13N5O. The van der Waals surface area contributed by atoms with Crippen molar-refractivity contribution in [2.75, 3.05) is 11.1 Å². The van der Waals surface area contributed by atoms with Gasteiger partial charge in [0.1, 0.15) is 17.3 Å². The number of nitrogen functional groups attached to an aromatic ring is 1. The zero-order chi connectivity index (χ0) is 16.1. The summed E-state index contributed by atoms with van der Waals surface area (Å²) in [5.41, 5.74) is 7.03. The van der Waals surface area contributed by atoms with E-state index in [1.54, 1.807) is 30.5 Å². The van der Waals surface area contributed by atoms with Crippen molar-refractivity contribution in [2.45, 2.75) is 0 Å². The number of rotatable bonds is 4. The number of benzene rings is 2. The van der Waals surface area contributed by atoms with Crippen LogP contribution in [0.5, 0.6) is 11.5 Å². The standard InChI is InChI=1S/C17H13N5O/c18-9-12-1-5-14(6-2-12)23-15-7-3-13(4-8-15)21-17-11-20-10-16(19)22-17/h1-8,10-11H,(H3,19,21,22). The van der Waals surface area contributed by atoms with E-state index in [1.807, 2.05) is 24.3 Å². The summed E-state index contributed by atoms with van der Waals surface area (Å²) in [4.78, 5) is 8.09. The number of hydrogen-bond acceptors (Lipinski definition) is 6. The number of nitrogens with zero attached hydrogens (tertiary/aromatic N) is 3. The van der Waals surface area contributed by atoms with Crippen molar-refractivity contribution in [3.63, 3.8) is 0 Å². The molecule has 3 aromatic rings. The first kappa shape index (κ1) is 14.4. The van der Waals surface area contributed by atoms with Crippen molar-refractivity contribution in [3.05, 3.63) is 66.5 Å². The van der Waals surface area contributed by atoms with E-state index in [-0.39, 0.29) is 0 Å². The third-order valence-corrected chi connectivity index (χ3v) is 3.00. The Morgan fingerprint density at radius 1 is 0.957 bits per heavy atom. The molecule has 2 aromatic carbocycles. The fourth-order valence-corrected chi connectivity index (χ4v) is 1.93. The lowest BCUT2D eigenvalue weighted by molar-refractivity contribution is 0.483. The van der Waals surface area contributed by atoms with E-state index in [4.69, 9.17) is 15.7 Å². The minimum Gasteiger partial charge on any atom is -0.457 e. The summed E-state index contributed by atoms with van der Waals surface area (Å²) in [5.74, 6) is 2.30. The van der Waals surface area contributed by atoms with Crippen LogP contribution in [0.25, 0.3) is 0 Å². The number of ether oxygens (including phenoxy) is 1. The summed E-state index contributed by atoms with van der Waals surface area (Å²) in [6, 6.07) is 16.4. The third kappa shape index (κ3) is 3.74. The van der Waals surface area contributed by atoms with Crippen molar-refractivity contribution in [1.82, 2.24) is 9.97 Å².